The van der Waals surface area contributed by atoms with Gasteiger partial charge in [0.25, 0.3) is 5.69 Å². The smallest absolute Gasteiger partial charge is 0.306 e. The molecule has 102 valence electrons. The number of hydrogen-bond donors (Lipinski definition) is 1. The standard InChI is InChI=1S/C13H16N2O4/c1-8-5-11(15(18)19)3-4-12(8)14-6-10(7-14)9(2)13(16)17/h3-5,9-10H,6-7H2,1-2H3,(H,16,17). The number of non-ortho nitro benzene ring substituents is 1. The van der Waals surface area contributed by atoms with Crippen LogP contribution in [0.3, 0.4) is 0 Å². The number of nitro benzene ring substituents is 1. The molecule has 1 N–H and O–H groups in total. The third kappa shape index (κ3) is 2.52. The Kier molecular flexibility index (Phi) is 3.42. The van der Waals surface area contributed by atoms with Gasteiger partial charge in [-0.2, -0.15) is 0 Å². The van der Waals surface area contributed by atoms with Crippen molar-refractivity contribution < 1.29 is 14.8 Å². The van der Waals surface area contributed by atoms with Crippen LogP contribution in [0.25, 0.3) is 0 Å². The van der Waals surface area contributed by atoms with Gasteiger partial charge in [-0.1, -0.05) is 6.92 Å². The van der Waals surface area contributed by atoms with Crippen molar-refractivity contribution in [2.45, 2.75) is 13.8 Å². The number of carboxylic acids is 1. The van der Waals surface area contributed by atoms with Crippen LogP contribution < -0.4 is 4.90 Å². The lowest BCUT2D eigenvalue weighted by atomic mass is 9.86. The van der Waals surface area contributed by atoms with Crippen molar-refractivity contribution in [1.29, 1.82) is 0 Å². The first-order valence-electron chi connectivity index (χ1n) is 6.13. The second-order valence-corrected chi connectivity index (χ2v) is 5.02. The van der Waals surface area contributed by atoms with Gasteiger partial charge in [-0.05, 0) is 18.6 Å². The fourth-order valence-electron chi connectivity index (χ4n) is 2.34. The summed E-state index contributed by atoms with van der Waals surface area (Å²) in [6, 6.07) is 4.76. The normalized spacial score (nSPS) is 16.8. The van der Waals surface area contributed by atoms with Crippen molar-refractivity contribution in [2.24, 2.45) is 11.8 Å². The van der Waals surface area contributed by atoms with E-state index in [2.05, 4.69) is 4.90 Å². The Labute approximate surface area is 110 Å². The highest BCUT2D eigenvalue weighted by Crippen LogP contribution is 2.33. The highest BCUT2D eigenvalue weighted by atomic mass is 16.6. The van der Waals surface area contributed by atoms with Crippen LogP contribution in [0.2, 0.25) is 0 Å². The molecule has 1 heterocycles. The van der Waals surface area contributed by atoms with Gasteiger partial charge >= 0.3 is 5.97 Å². The Balaban J connectivity index is 2.06. The fraction of sp³-hybridized carbons (Fsp3) is 0.462. The quantitative estimate of drug-likeness (QED) is 0.664. The van der Waals surface area contributed by atoms with Crippen LogP contribution in [0.1, 0.15) is 12.5 Å². The summed E-state index contributed by atoms with van der Waals surface area (Å²) >= 11 is 0. The molecular weight excluding hydrogens is 248 g/mol. The van der Waals surface area contributed by atoms with Crippen molar-refractivity contribution in [2.75, 3.05) is 18.0 Å². The second-order valence-electron chi connectivity index (χ2n) is 5.02. The van der Waals surface area contributed by atoms with Crippen LogP contribution in [-0.4, -0.2) is 29.1 Å². The van der Waals surface area contributed by atoms with Gasteiger partial charge in [-0.25, -0.2) is 0 Å². The first-order chi connectivity index (χ1) is 8.90. The summed E-state index contributed by atoms with van der Waals surface area (Å²) in [6.07, 6.45) is 0. The molecular formula is C13H16N2O4. The second kappa shape index (κ2) is 4.87. The highest BCUT2D eigenvalue weighted by molar-refractivity contribution is 5.71. The lowest BCUT2D eigenvalue weighted by Crippen LogP contribution is -2.51. The molecule has 6 heteroatoms. The summed E-state index contributed by atoms with van der Waals surface area (Å²) < 4.78 is 0. The zero-order valence-corrected chi connectivity index (χ0v) is 10.9. The number of benzene rings is 1. The predicted octanol–water partition coefficient (Wildman–Crippen LogP) is 2.06. The maximum absolute atomic E-state index is 10.9. The van der Waals surface area contributed by atoms with Crippen molar-refractivity contribution in [3.05, 3.63) is 33.9 Å². The number of nitro groups is 1. The third-order valence-corrected chi connectivity index (χ3v) is 3.74. The maximum Gasteiger partial charge on any atom is 0.306 e. The number of anilines is 1. The zero-order valence-electron chi connectivity index (χ0n) is 10.9. The zero-order chi connectivity index (χ0) is 14.2. The first kappa shape index (κ1) is 13.3. The van der Waals surface area contributed by atoms with Crippen molar-refractivity contribution in [3.63, 3.8) is 0 Å². The van der Waals surface area contributed by atoms with Crippen LogP contribution in [0.4, 0.5) is 11.4 Å². The highest BCUT2D eigenvalue weighted by Gasteiger charge is 2.35. The molecule has 1 aliphatic rings. The third-order valence-electron chi connectivity index (χ3n) is 3.74. The van der Waals surface area contributed by atoms with Gasteiger partial charge in [-0.3, -0.25) is 14.9 Å². The molecule has 0 aromatic heterocycles. The molecule has 1 aromatic rings. The van der Waals surface area contributed by atoms with Gasteiger partial charge in [0.1, 0.15) is 0 Å². The molecule has 1 fully saturated rings. The molecule has 0 amide bonds. The summed E-state index contributed by atoms with van der Waals surface area (Å²) in [7, 11) is 0. The Hall–Kier alpha value is -2.11. The summed E-state index contributed by atoms with van der Waals surface area (Å²) in [5.74, 6) is -0.980. The molecule has 1 aliphatic heterocycles. The summed E-state index contributed by atoms with van der Waals surface area (Å²) in [6.45, 7) is 4.92. The summed E-state index contributed by atoms with van der Waals surface area (Å²) in [5, 5.41) is 19.6. The molecule has 19 heavy (non-hydrogen) atoms. The fourth-order valence-corrected chi connectivity index (χ4v) is 2.34. The molecule has 0 radical (unpaired) electrons. The van der Waals surface area contributed by atoms with Crippen LogP contribution in [-0.2, 0) is 4.79 Å². The van der Waals surface area contributed by atoms with E-state index in [-0.39, 0.29) is 17.5 Å². The molecule has 6 nitrogen and oxygen atoms in total. The maximum atomic E-state index is 10.9. The number of hydrogen-bond acceptors (Lipinski definition) is 4. The molecule has 1 saturated heterocycles. The van der Waals surface area contributed by atoms with Crippen LogP contribution >= 0.6 is 0 Å². The summed E-state index contributed by atoms with van der Waals surface area (Å²) in [4.78, 5) is 23.2. The number of carbonyl (C=O) groups is 1. The molecule has 0 aliphatic carbocycles. The van der Waals surface area contributed by atoms with E-state index in [1.165, 1.54) is 6.07 Å². The van der Waals surface area contributed by atoms with E-state index in [0.29, 0.717) is 13.1 Å². The number of rotatable bonds is 4. The van der Waals surface area contributed by atoms with E-state index >= 15 is 0 Å². The number of aryl methyl sites for hydroxylation is 1. The van der Waals surface area contributed by atoms with E-state index in [1.807, 2.05) is 6.92 Å². The molecule has 1 unspecified atom stereocenters. The molecule has 0 saturated carbocycles. The Morgan fingerprint density at radius 3 is 2.63 bits per heavy atom. The van der Waals surface area contributed by atoms with E-state index in [4.69, 9.17) is 5.11 Å². The van der Waals surface area contributed by atoms with Gasteiger partial charge in [0.2, 0.25) is 0 Å². The minimum absolute atomic E-state index is 0.0808. The van der Waals surface area contributed by atoms with Crippen molar-refractivity contribution in [3.8, 4) is 0 Å². The minimum atomic E-state index is -0.773. The van der Waals surface area contributed by atoms with Crippen molar-refractivity contribution >= 4 is 17.3 Å². The average Bonchev–Trinajstić information content (AvgIpc) is 2.28. The molecule has 1 aromatic carbocycles. The van der Waals surface area contributed by atoms with Crippen LogP contribution in [0.5, 0.6) is 0 Å². The van der Waals surface area contributed by atoms with Gasteiger partial charge in [-0.15, -0.1) is 0 Å². The van der Waals surface area contributed by atoms with E-state index in [1.54, 1.807) is 19.1 Å². The molecule has 0 bridgehead atoms. The van der Waals surface area contributed by atoms with Crippen LogP contribution in [0.15, 0.2) is 18.2 Å². The number of nitrogens with zero attached hydrogens (tertiary/aromatic N) is 2. The molecule has 2 rings (SSSR count). The Morgan fingerprint density at radius 1 is 1.53 bits per heavy atom. The molecule has 0 spiro atoms. The van der Waals surface area contributed by atoms with E-state index in [9.17, 15) is 14.9 Å². The predicted molar refractivity (Wildman–Crippen MR) is 70.3 cm³/mol. The lowest BCUT2D eigenvalue weighted by Gasteiger charge is -2.43. The lowest BCUT2D eigenvalue weighted by molar-refractivity contribution is -0.384. The topological polar surface area (TPSA) is 83.7 Å². The molecule has 1 atom stereocenters. The van der Waals surface area contributed by atoms with E-state index < -0.39 is 10.9 Å². The van der Waals surface area contributed by atoms with E-state index in [0.717, 1.165) is 11.3 Å². The van der Waals surface area contributed by atoms with Crippen LogP contribution in [0, 0.1) is 28.9 Å². The monoisotopic (exact) mass is 264 g/mol. The Bertz CT molecular complexity index is 523. The van der Waals surface area contributed by atoms with Gasteiger partial charge in [0.05, 0.1) is 10.8 Å². The van der Waals surface area contributed by atoms with Gasteiger partial charge in [0.15, 0.2) is 0 Å². The van der Waals surface area contributed by atoms with Crippen molar-refractivity contribution in [1.82, 2.24) is 0 Å². The van der Waals surface area contributed by atoms with Gasteiger partial charge < -0.3 is 10.0 Å². The number of carboxylic acid groups (broad SMARTS) is 1. The Morgan fingerprint density at radius 2 is 2.16 bits per heavy atom. The summed E-state index contributed by atoms with van der Waals surface area (Å²) in [5.41, 5.74) is 1.87. The minimum Gasteiger partial charge on any atom is -0.481 e. The largest absolute Gasteiger partial charge is 0.481 e. The average molecular weight is 264 g/mol. The van der Waals surface area contributed by atoms with Gasteiger partial charge in [0, 0.05) is 36.8 Å². The number of aliphatic carboxylic acids is 1. The SMILES string of the molecule is Cc1cc([N+](=O)[O-])ccc1N1CC(C(C)C(=O)O)C1. The first-order valence-corrected chi connectivity index (χ1v) is 6.13.